The summed E-state index contributed by atoms with van der Waals surface area (Å²) in [6.45, 7) is 0.462. The first kappa shape index (κ1) is 18.9. The molecule has 2 heterocycles. The van der Waals surface area contributed by atoms with Crippen LogP contribution in [0.1, 0.15) is 17.4 Å². The van der Waals surface area contributed by atoms with Crippen LogP contribution >= 0.6 is 0 Å². The Balaban J connectivity index is 1.50. The summed E-state index contributed by atoms with van der Waals surface area (Å²) < 4.78 is 23.4. The third kappa shape index (κ3) is 4.02. The highest BCUT2D eigenvalue weighted by Gasteiger charge is 2.49. The number of ether oxygens (including phenoxy) is 4. The molecule has 4 rings (SSSR count). The summed E-state index contributed by atoms with van der Waals surface area (Å²) in [6.07, 6.45) is -4.68. The monoisotopic (exact) mass is 383 g/mol. The van der Waals surface area contributed by atoms with Crippen LogP contribution in [0.3, 0.4) is 0 Å². The smallest absolute Gasteiger partial charge is 0.184 e. The lowest BCUT2D eigenvalue weighted by molar-refractivity contribution is -0.332. The average Bonchev–Trinajstić information content (AvgIpc) is 2.75. The van der Waals surface area contributed by atoms with Crippen molar-refractivity contribution in [1.82, 2.24) is 0 Å². The number of azide groups is 1. The number of nitrogens with zero attached hydrogens (tertiary/aromatic N) is 3. The highest BCUT2D eigenvalue weighted by atomic mass is 16.7. The van der Waals surface area contributed by atoms with Gasteiger partial charge in [0.15, 0.2) is 12.5 Å². The van der Waals surface area contributed by atoms with Crippen molar-refractivity contribution < 1.29 is 24.1 Å². The summed E-state index contributed by atoms with van der Waals surface area (Å²) in [5, 5.41) is 14.6. The fourth-order valence-electron chi connectivity index (χ4n) is 3.45. The lowest BCUT2D eigenvalue weighted by Crippen LogP contribution is -2.61. The second-order valence-corrected chi connectivity index (χ2v) is 6.70. The van der Waals surface area contributed by atoms with Crippen LogP contribution in [0.2, 0.25) is 0 Å². The molecule has 0 saturated carbocycles. The van der Waals surface area contributed by atoms with E-state index < -0.39 is 36.9 Å². The van der Waals surface area contributed by atoms with Crippen molar-refractivity contribution in [2.45, 2.75) is 43.5 Å². The first-order valence-corrected chi connectivity index (χ1v) is 9.11. The lowest BCUT2D eigenvalue weighted by Gasteiger charge is -2.46. The van der Waals surface area contributed by atoms with E-state index in [1.165, 1.54) is 0 Å². The van der Waals surface area contributed by atoms with Gasteiger partial charge in [0.25, 0.3) is 0 Å². The molecule has 1 N–H and O–H groups in total. The van der Waals surface area contributed by atoms with Crippen molar-refractivity contribution in [3.05, 3.63) is 82.2 Å². The Hall–Kier alpha value is -2.45. The minimum atomic E-state index is -1.03. The Labute approximate surface area is 162 Å². The maximum atomic E-state index is 10.9. The maximum Gasteiger partial charge on any atom is 0.184 e. The molecule has 8 nitrogen and oxygen atoms in total. The summed E-state index contributed by atoms with van der Waals surface area (Å²) >= 11 is 0. The molecule has 2 aliphatic heterocycles. The molecule has 1 unspecified atom stereocenters. The standard InChI is InChI=1S/C20H21N3O5/c21-23-22-19-18(25-11-13-7-3-1-4-8-13)16(24)17-15(27-19)12-26-20(28-17)14-9-5-2-6-10-14/h1-10,15-20,24H,11-12H2/t15-,16+,17-,18-,19-,20?/m1/s1. The summed E-state index contributed by atoms with van der Waals surface area (Å²) in [4.78, 5) is 2.83. The molecule has 2 fully saturated rings. The van der Waals surface area contributed by atoms with Crippen LogP contribution in [-0.2, 0) is 25.6 Å². The molecule has 0 amide bonds. The van der Waals surface area contributed by atoms with Crippen LogP contribution < -0.4 is 0 Å². The van der Waals surface area contributed by atoms with Gasteiger partial charge in [0.1, 0.15) is 24.4 Å². The SMILES string of the molecule is [N-]=[N+]=N[C@@H]1O[C@@H]2COC(c3ccccc3)O[C@H]2[C@H](O)[C@H]1OCc1ccccc1. The number of rotatable bonds is 5. The summed E-state index contributed by atoms with van der Waals surface area (Å²) in [7, 11) is 0. The van der Waals surface area contributed by atoms with E-state index in [0.29, 0.717) is 0 Å². The molecule has 8 heteroatoms. The molecule has 2 saturated heterocycles. The molecule has 2 aromatic rings. The second kappa shape index (κ2) is 8.70. The zero-order valence-corrected chi connectivity index (χ0v) is 15.1. The van der Waals surface area contributed by atoms with E-state index in [-0.39, 0.29) is 13.2 Å². The van der Waals surface area contributed by atoms with E-state index in [1.54, 1.807) is 0 Å². The van der Waals surface area contributed by atoms with Crippen molar-refractivity contribution >= 4 is 0 Å². The van der Waals surface area contributed by atoms with Crippen molar-refractivity contribution in [1.29, 1.82) is 0 Å². The molecule has 146 valence electrons. The Morgan fingerprint density at radius 1 is 1.07 bits per heavy atom. The van der Waals surface area contributed by atoms with Crippen LogP contribution in [-0.4, -0.2) is 42.4 Å². The quantitative estimate of drug-likeness (QED) is 0.485. The lowest BCUT2D eigenvalue weighted by atomic mass is 9.97. The van der Waals surface area contributed by atoms with E-state index in [1.807, 2.05) is 60.7 Å². The fourth-order valence-corrected chi connectivity index (χ4v) is 3.45. The normalized spacial score (nSPS) is 32.2. The molecule has 2 aliphatic rings. The maximum absolute atomic E-state index is 10.9. The van der Waals surface area contributed by atoms with Crippen molar-refractivity contribution in [2.75, 3.05) is 6.61 Å². The predicted octanol–water partition coefficient (Wildman–Crippen LogP) is 3.08. The van der Waals surface area contributed by atoms with Crippen LogP contribution in [0.4, 0.5) is 0 Å². The van der Waals surface area contributed by atoms with Gasteiger partial charge in [-0.05, 0) is 11.1 Å². The van der Waals surface area contributed by atoms with E-state index >= 15 is 0 Å². The van der Waals surface area contributed by atoms with Gasteiger partial charge in [0.05, 0.1) is 13.2 Å². The second-order valence-electron chi connectivity index (χ2n) is 6.70. The fraction of sp³-hybridized carbons (Fsp3) is 0.400. The van der Waals surface area contributed by atoms with Gasteiger partial charge in [-0.15, -0.1) is 0 Å². The highest BCUT2D eigenvalue weighted by molar-refractivity contribution is 5.17. The molecule has 0 aromatic heterocycles. The Bertz CT molecular complexity index is 815. The van der Waals surface area contributed by atoms with Gasteiger partial charge in [-0.2, -0.15) is 0 Å². The number of aliphatic hydroxyl groups excluding tert-OH is 1. The van der Waals surface area contributed by atoms with E-state index in [4.69, 9.17) is 24.5 Å². The van der Waals surface area contributed by atoms with Gasteiger partial charge in [-0.3, -0.25) is 0 Å². The minimum absolute atomic E-state index is 0.212. The zero-order chi connectivity index (χ0) is 19.3. The van der Waals surface area contributed by atoms with Crippen LogP contribution in [0.5, 0.6) is 0 Å². The molecule has 0 bridgehead atoms. The number of aliphatic hydroxyl groups is 1. The molecule has 0 aliphatic carbocycles. The minimum Gasteiger partial charge on any atom is -0.387 e. The number of hydrogen-bond acceptors (Lipinski definition) is 6. The van der Waals surface area contributed by atoms with E-state index in [2.05, 4.69) is 10.0 Å². The summed E-state index contributed by atoms with van der Waals surface area (Å²) in [6, 6.07) is 19.0. The Morgan fingerprint density at radius 2 is 1.79 bits per heavy atom. The van der Waals surface area contributed by atoms with Crippen LogP contribution in [0.25, 0.3) is 10.4 Å². The van der Waals surface area contributed by atoms with Crippen molar-refractivity contribution in [2.24, 2.45) is 5.11 Å². The summed E-state index contributed by atoms with van der Waals surface area (Å²) in [5.74, 6) is 0. The van der Waals surface area contributed by atoms with Crippen molar-refractivity contribution in [3.63, 3.8) is 0 Å². The van der Waals surface area contributed by atoms with Gasteiger partial charge in [0, 0.05) is 10.5 Å². The molecule has 6 atom stereocenters. The molecule has 0 spiro atoms. The highest BCUT2D eigenvalue weighted by Crippen LogP contribution is 2.35. The zero-order valence-electron chi connectivity index (χ0n) is 15.1. The van der Waals surface area contributed by atoms with Crippen LogP contribution in [0, 0.1) is 0 Å². The van der Waals surface area contributed by atoms with Gasteiger partial charge < -0.3 is 24.1 Å². The Morgan fingerprint density at radius 3 is 2.50 bits per heavy atom. The van der Waals surface area contributed by atoms with Gasteiger partial charge in [-0.1, -0.05) is 65.8 Å². The van der Waals surface area contributed by atoms with E-state index in [9.17, 15) is 5.11 Å². The summed E-state index contributed by atoms with van der Waals surface area (Å²) in [5.41, 5.74) is 10.7. The van der Waals surface area contributed by atoms with E-state index in [0.717, 1.165) is 11.1 Å². The predicted molar refractivity (Wildman–Crippen MR) is 98.8 cm³/mol. The number of hydrogen-bond donors (Lipinski definition) is 1. The van der Waals surface area contributed by atoms with Crippen molar-refractivity contribution in [3.8, 4) is 0 Å². The Kier molecular flexibility index (Phi) is 5.87. The number of fused-ring (bicyclic) bond motifs is 1. The van der Waals surface area contributed by atoms with Gasteiger partial charge in [0.2, 0.25) is 0 Å². The largest absolute Gasteiger partial charge is 0.387 e. The molecule has 28 heavy (non-hydrogen) atoms. The molecule has 0 radical (unpaired) electrons. The number of benzene rings is 2. The third-order valence-corrected chi connectivity index (χ3v) is 4.85. The first-order valence-electron chi connectivity index (χ1n) is 9.11. The van der Waals surface area contributed by atoms with Gasteiger partial charge in [-0.25, -0.2) is 0 Å². The first-order chi connectivity index (χ1) is 13.8. The topological polar surface area (TPSA) is 106 Å². The van der Waals surface area contributed by atoms with Gasteiger partial charge >= 0.3 is 0 Å². The molecular weight excluding hydrogens is 362 g/mol. The molecular formula is C20H21N3O5. The third-order valence-electron chi connectivity index (χ3n) is 4.85. The van der Waals surface area contributed by atoms with Crippen LogP contribution in [0.15, 0.2) is 65.8 Å². The molecule has 2 aromatic carbocycles. The average molecular weight is 383 g/mol.